The molecule has 0 radical (unpaired) electrons. The molecule has 9 heteroatoms. The Labute approximate surface area is 181 Å². The van der Waals surface area contributed by atoms with Crippen molar-refractivity contribution in [3.05, 3.63) is 0 Å². The Kier molecular flexibility index (Phi) is 20.1. The minimum atomic E-state index is 0.355. The number of thioether (sulfide) groups is 4. The van der Waals surface area contributed by atoms with Crippen molar-refractivity contribution in [2.75, 3.05) is 40.3 Å². The highest BCUT2D eigenvalue weighted by Crippen LogP contribution is 2.34. The van der Waals surface area contributed by atoms with Crippen LogP contribution in [-0.4, -0.2) is 59.9 Å². The maximum Gasteiger partial charge on any atom is 0.0599 e. The third-order valence-electron chi connectivity index (χ3n) is 2.64. The highest BCUT2D eigenvalue weighted by Gasteiger charge is 2.21. The molecule has 4 unspecified atom stereocenters. The second-order valence-corrected chi connectivity index (χ2v) is 12.8. The summed E-state index contributed by atoms with van der Waals surface area (Å²) in [6.07, 6.45) is 1.10. The first kappa shape index (κ1) is 25.1. The third-order valence-corrected chi connectivity index (χ3v) is 11.9. The van der Waals surface area contributed by atoms with Crippen LogP contribution in [0.5, 0.6) is 0 Å². The Morgan fingerprint density at radius 2 is 1.45 bits per heavy atom. The number of hydrogen-bond acceptors (Lipinski definition) is 9. The summed E-state index contributed by atoms with van der Waals surface area (Å²) in [6, 6.07) is 0. The summed E-state index contributed by atoms with van der Waals surface area (Å²) < 4.78 is 0.787. The van der Waals surface area contributed by atoms with E-state index in [0.29, 0.717) is 19.7 Å². The van der Waals surface area contributed by atoms with E-state index >= 15 is 0 Å². The normalized spacial score (nSPS) is 17.2. The van der Waals surface area contributed by atoms with Gasteiger partial charge in [-0.05, 0) is 17.9 Å². The van der Waals surface area contributed by atoms with Crippen LogP contribution in [0.1, 0.15) is 13.3 Å². The molecular formula is C13H28S9. The van der Waals surface area contributed by atoms with Crippen LogP contribution >= 0.6 is 110 Å². The molecule has 0 saturated heterocycles. The van der Waals surface area contributed by atoms with Crippen LogP contribution in [0, 0.1) is 0 Å². The zero-order valence-corrected chi connectivity index (χ0v) is 20.6. The number of rotatable bonds is 15. The molecule has 0 spiro atoms. The van der Waals surface area contributed by atoms with Gasteiger partial charge in [-0.15, -0.1) is 23.5 Å². The zero-order chi connectivity index (χ0) is 16.8. The van der Waals surface area contributed by atoms with E-state index < -0.39 is 0 Å². The predicted octanol–water partition coefficient (Wildman–Crippen LogP) is 5.37. The monoisotopic (exact) mass is 472 g/mol. The van der Waals surface area contributed by atoms with Crippen molar-refractivity contribution in [2.24, 2.45) is 0 Å². The lowest BCUT2D eigenvalue weighted by molar-refractivity contribution is 1.04. The molecule has 0 aromatic rings. The van der Waals surface area contributed by atoms with Gasteiger partial charge in [-0.2, -0.15) is 86.7 Å². The van der Waals surface area contributed by atoms with Crippen LogP contribution in [0.3, 0.4) is 0 Å². The molecule has 4 atom stereocenters. The first-order valence-electron chi connectivity index (χ1n) is 7.24. The lowest BCUT2D eigenvalue weighted by Gasteiger charge is -2.24. The third kappa shape index (κ3) is 13.4. The molecule has 0 aliphatic carbocycles. The topological polar surface area (TPSA) is 0 Å². The standard InChI is InChI=1S/C13H28S9/c1-2-12(17)21-9-11(20-6-4-15)13(18)22-8-10(7-16)19-5-3-14/h10-18H,2-9H2,1H3. The first-order valence-corrected chi connectivity index (χ1v) is 14.4. The van der Waals surface area contributed by atoms with Crippen molar-refractivity contribution >= 4 is 110 Å². The second-order valence-electron chi connectivity index (χ2n) is 4.45. The first-order chi connectivity index (χ1) is 10.6. The Hall–Kier alpha value is 3.15. The molecule has 0 rings (SSSR count). The van der Waals surface area contributed by atoms with Gasteiger partial charge >= 0.3 is 0 Å². The van der Waals surface area contributed by atoms with Crippen LogP contribution in [0.15, 0.2) is 0 Å². The van der Waals surface area contributed by atoms with Crippen molar-refractivity contribution in [1.82, 2.24) is 0 Å². The van der Waals surface area contributed by atoms with E-state index in [1.54, 1.807) is 0 Å². The van der Waals surface area contributed by atoms with Gasteiger partial charge in [-0.1, -0.05) is 6.92 Å². The van der Waals surface area contributed by atoms with Gasteiger partial charge in [0, 0.05) is 43.8 Å². The van der Waals surface area contributed by atoms with Gasteiger partial charge in [-0.25, -0.2) is 0 Å². The highest BCUT2D eigenvalue weighted by molar-refractivity contribution is 8.14. The van der Waals surface area contributed by atoms with Crippen molar-refractivity contribution < 1.29 is 0 Å². The minimum absolute atomic E-state index is 0.355. The molecule has 0 nitrogen and oxygen atoms in total. The number of hydrogen-bond donors (Lipinski definition) is 5. The molecular weight excluding hydrogens is 445 g/mol. The molecule has 134 valence electrons. The van der Waals surface area contributed by atoms with Crippen molar-refractivity contribution in [3.8, 4) is 0 Å². The second kappa shape index (κ2) is 17.6. The summed E-state index contributed by atoms with van der Waals surface area (Å²) in [5.74, 6) is 7.17. The van der Waals surface area contributed by atoms with Crippen molar-refractivity contribution in [3.63, 3.8) is 0 Å². The van der Waals surface area contributed by atoms with Crippen molar-refractivity contribution in [2.45, 2.75) is 33.0 Å². The summed E-state index contributed by atoms with van der Waals surface area (Å²) in [5.41, 5.74) is 0. The maximum absolute atomic E-state index is 4.86. The fraction of sp³-hybridized carbons (Fsp3) is 1.00. The molecule has 0 aromatic heterocycles. The molecule has 0 aliphatic heterocycles. The fourth-order valence-corrected chi connectivity index (χ4v) is 8.33. The molecule has 0 fully saturated rings. The average Bonchev–Trinajstić information content (AvgIpc) is 2.54. The molecule has 0 N–H and O–H groups in total. The quantitative estimate of drug-likeness (QED) is 0.160. The van der Waals surface area contributed by atoms with Crippen molar-refractivity contribution in [1.29, 1.82) is 0 Å². The van der Waals surface area contributed by atoms with E-state index in [-0.39, 0.29) is 0 Å². The fourth-order valence-electron chi connectivity index (χ4n) is 1.43. The van der Waals surface area contributed by atoms with Gasteiger partial charge in [0.25, 0.3) is 0 Å². The molecule has 0 amide bonds. The van der Waals surface area contributed by atoms with E-state index in [9.17, 15) is 0 Å². The lowest BCUT2D eigenvalue weighted by Crippen LogP contribution is -2.22. The van der Waals surface area contributed by atoms with E-state index in [1.807, 2.05) is 47.0 Å². The Morgan fingerprint density at radius 1 is 0.818 bits per heavy atom. The number of thiol groups is 5. The summed E-state index contributed by atoms with van der Waals surface area (Å²) in [7, 11) is 0. The minimum Gasteiger partial charge on any atom is -0.179 e. The van der Waals surface area contributed by atoms with E-state index in [0.717, 1.165) is 46.7 Å². The van der Waals surface area contributed by atoms with Gasteiger partial charge in [0.2, 0.25) is 0 Å². The van der Waals surface area contributed by atoms with Crippen LogP contribution in [0.4, 0.5) is 0 Å². The molecule has 0 aliphatic rings. The van der Waals surface area contributed by atoms with Gasteiger partial charge in [0.1, 0.15) is 0 Å². The van der Waals surface area contributed by atoms with Gasteiger partial charge in [0.15, 0.2) is 0 Å². The Balaban J connectivity index is 4.25. The Bertz CT molecular complexity index is 242. The lowest BCUT2D eigenvalue weighted by atomic mass is 10.5. The van der Waals surface area contributed by atoms with Crippen LogP contribution < -0.4 is 0 Å². The molecule has 0 saturated carbocycles. The highest BCUT2D eigenvalue weighted by atomic mass is 32.2. The van der Waals surface area contributed by atoms with Gasteiger partial charge < -0.3 is 0 Å². The van der Waals surface area contributed by atoms with Crippen LogP contribution in [-0.2, 0) is 0 Å². The Morgan fingerprint density at radius 3 is 2.00 bits per heavy atom. The van der Waals surface area contributed by atoms with Gasteiger partial charge in [-0.3, -0.25) is 0 Å². The zero-order valence-electron chi connectivity index (χ0n) is 12.8. The molecule has 0 heterocycles. The molecule has 22 heavy (non-hydrogen) atoms. The van der Waals surface area contributed by atoms with Crippen LogP contribution in [0.2, 0.25) is 0 Å². The predicted molar refractivity (Wildman–Crippen MR) is 135 cm³/mol. The summed E-state index contributed by atoms with van der Waals surface area (Å²) >= 11 is 30.4. The maximum atomic E-state index is 4.86. The van der Waals surface area contributed by atoms with E-state index in [4.69, 9.17) is 12.6 Å². The van der Waals surface area contributed by atoms with Gasteiger partial charge in [0.05, 0.1) is 4.58 Å². The largest absolute Gasteiger partial charge is 0.179 e. The SMILES string of the molecule is CCC(S)SCC(SCCS)C(S)SCC(CS)SCCS. The summed E-state index contributed by atoms with van der Waals surface area (Å²) in [5, 5.41) is 1.13. The average molecular weight is 473 g/mol. The smallest absolute Gasteiger partial charge is 0.0599 e. The summed E-state index contributed by atoms with van der Waals surface area (Å²) in [6.45, 7) is 2.18. The molecule has 0 bridgehead atoms. The molecule has 0 aromatic carbocycles. The summed E-state index contributed by atoms with van der Waals surface area (Å²) in [4.78, 5) is 0. The van der Waals surface area contributed by atoms with E-state index in [1.165, 1.54) is 0 Å². The van der Waals surface area contributed by atoms with Crippen LogP contribution in [0.25, 0.3) is 0 Å². The van der Waals surface area contributed by atoms with E-state index in [2.05, 4.69) is 57.4 Å².